The lowest BCUT2D eigenvalue weighted by Gasteiger charge is -2.28. The zero-order chi connectivity index (χ0) is 24.1. The summed E-state index contributed by atoms with van der Waals surface area (Å²) in [6.45, 7) is 2.42. The van der Waals surface area contributed by atoms with Crippen LogP contribution in [0.5, 0.6) is 17.2 Å². The van der Waals surface area contributed by atoms with Crippen molar-refractivity contribution in [2.75, 3.05) is 13.1 Å². The summed E-state index contributed by atoms with van der Waals surface area (Å²) in [5, 5.41) is 9.90. The van der Waals surface area contributed by atoms with Crippen molar-refractivity contribution >= 4 is 46.5 Å². The van der Waals surface area contributed by atoms with Gasteiger partial charge in [-0.3, -0.25) is 9.59 Å². The molecule has 1 fully saturated rings. The SMILES string of the molecule is CC(Oc1cc(Oc2ccc(Cl)cc2Cl)c(F)cc1Cl)C(=O)C(C#N)C(=O)N1CCCCC1. The molecule has 3 rings (SSSR count). The first kappa shape index (κ1) is 25.1. The van der Waals surface area contributed by atoms with Crippen molar-refractivity contribution in [1.29, 1.82) is 5.26 Å². The standard InChI is InChI=1S/C23H20Cl3FN2O4/c1-13(22(30)15(12-28)23(31)29-7-3-2-4-8-29)32-20-11-21(18(27)10-17(20)26)33-19-6-5-14(24)9-16(19)25/h5-6,9-11,13,15H,2-4,7-8H2,1H3. The average Bonchev–Trinajstić information content (AvgIpc) is 2.79. The molecule has 2 aromatic rings. The van der Waals surface area contributed by atoms with Crippen molar-refractivity contribution < 1.29 is 23.5 Å². The van der Waals surface area contributed by atoms with Crippen LogP contribution in [0.4, 0.5) is 4.39 Å². The zero-order valence-corrected chi connectivity index (χ0v) is 19.9. The molecule has 33 heavy (non-hydrogen) atoms. The fourth-order valence-corrected chi connectivity index (χ4v) is 4.02. The van der Waals surface area contributed by atoms with Gasteiger partial charge in [0.05, 0.1) is 16.1 Å². The first-order valence-electron chi connectivity index (χ1n) is 10.2. The molecule has 1 saturated heterocycles. The van der Waals surface area contributed by atoms with Gasteiger partial charge >= 0.3 is 0 Å². The topological polar surface area (TPSA) is 79.6 Å². The maximum Gasteiger partial charge on any atom is 0.247 e. The molecule has 0 aliphatic carbocycles. The van der Waals surface area contributed by atoms with Crippen LogP contribution in [0.2, 0.25) is 15.1 Å². The number of halogens is 4. The Labute approximate surface area is 205 Å². The lowest BCUT2D eigenvalue weighted by molar-refractivity contribution is -0.142. The molecule has 0 saturated carbocycles. The summed E-state index contributed by atoms with van der Waals surface area (Å²) in [5.41, 5.74) is 0. The van der Waals surface area contributed by atoms with Gasteiger partial charge < -0.3 is 14.4 Å². The van der Waals surface area contributed by atoms with E-state index in [9.17, 15) is 19.2 Å². The molecule has 0 spiro atoms. The number of nitriles is 1. The molecule has 0 aromatic heterocycles. The highest BCUT2D eigenvalue weighted by atomic mass is 35.5. The third kappa shape index (κ3) is 6.08. The molecule has 1 aliphatic rings. The second-order valence-electron chi connectivity index (χ2n) is 7.50. The number of rotatable bonds is 7. The summed E-state index contributed by atoms with van der Waals surface area (Å²) in [6.07, 6.45) is 1.47. The predicted octanol–water partition coefficient (Wildman–Crippen LogP) is 6.07. The Morgan fingerprint density at radius 2 is 1.70 bits per heavy atom. The van der Waals surface area contributed by atoms with E-state index in [-0.39, 0.29) is 27.3 Å². The minimum atomic E-state index is -1.50. The number of Topliss-reactive ketones (excluding diaryl/α,β-unsaturated/α-hetero) is 1. The summed E-state index contributed by atoms with van der Waals surface area (Å²) in [7, 11) is 0. The summed E-state index contributed by atoms with van der Waals surface area (Å²) < 4.78 is 25.5. The minimum Gasteiger partial charge on any atom is -0.481 e. The smallest absolute Gasteiger partial charge is 0.247 e. The van der Waals surface area contributed by atoms with Crippen LogP contribution in [0.3, 0.4) is 0 Å². The van der Waals surface area contributed by atoms with E-state index in [1.165, 1.54) is 36.1 Å². The van der Waals surface area contributed by atoms with Crippen molar-refractivity contribution in [3.63, 3.8) is 0 Å². The quantitative estimate of drug-likeness (QED) is 0.420. The highest BCUT2D eigenvalue weighted by molar-refractivity contribution is 6.35. The van der Waals surface area contributed by atoms with E-state index in [0.29, 0.717) is 18.1 Å². The van der Waals surface area contributed by atoms with Gasteiger partial charge in [0.2, 0.25) is 5.91 Å². The highest BCUT2D eigenvalue weighted by Gasteiger charge is 2.35. The number of benzene rings is 2. The number of likely N-dealkylation sites (tertiary alicyclic amines) is 1. The van der Waals surface area contributed by atoms with Gasteiger partial charge in [-0.05, 0) is 44.4 Å². The largest absolute Gasteiger partial charge is 0.481 e. The Bertz CT molecular complexity index is 1100. The molecule has 2 atom stereocenters. The molecule has 6 nitrogen and oxygen atoms in total. The number of nitrogens with zero attached hydrogens (tertiary/aromatic N) is 2. The van der Waals surface area contributed by atoms with Crippen molar-refractivity contribution in [2.24, 2.45) is 5.92 Å². The molecule has 174 valence electrons. The normalized spacial score (nSPS) is 15.3. The van der Waals surface area contributed by atoms with E-state index >= 15 is 0 Å². The zero-order valence-electron chi connectivity index (χ0n) is 17.6. The van der Waals surface area contributed by atoms with Crippen LogP contribution < -0.4 is 9.47 Å². The van der Waals surface area contributed by atoms with Crippen LogP contribution >= 0.6 is 34.8 Å². The maximum absolute atomic E-state index is 14.4. The van der Waals surface area contributed by atoms with Crippen molar-refractivity contribution in [1.82, 2.24) is 4.90 Å². The van der Waals surface area contributed by atoms with Gasteiger partial charge in [-0.25, -0.2) is 4.39 Å². The van der Waals surface area contributed by atoms with E-state index in [4.69, 9.17) is 44.3 Å². The van der Waals surface area contributed by atoms with Gasteiger partial charge in [0.15, 0.2) is 29.4 Å². The van der Waals surface area contributed by atoms with Crippen LogP contribution in [0, 0.1) is 23.1 Å². The van der Waals surface area contributed by atoms with Crippen LogP contribution in [0.1, 0.15) is 26.2 Å². The Balaban J connectivity index is 1.77. The minimum absolute atomic E-state index is 0.0545. The van der Waals surface area contributed by atoms with Gasteiger partial charge in [-0.2, -0.15) is 5.26 Å². The molecule has 0 N–H and O–H groups in total. The van der Waals surface area contributed by atoms with E-state index < -0.39 is 29.5 Å². The van der Waals surface area contributed by atoms with Crippen LogP contribution in [-0.2, 0) is 9.59 Å². The lowest BCUT2D eigenvalue weighted by Crippen LogP contribution is -2.44. The second-order valence-corrected chi connectivity index (χ2v) is 8.75. The fraction of sp³-hybridized carbons (Fsp3) is 0.348. The molecule has 1 heterocycles. The monoisotopic (exact) mass is 512 g/mol. The highest BCUT2D eigenvalue weighted by Crippen LogP contribution is 2.37. The predicted molar refractivity (Wildman–Crippen MR) is 123 cm³/mol. The van der Waals surface area contributed by atoms with Crippen molar-refractivity contribution in [3.05, 3.63) is 51.2 Å². The number of ether oxygens (including phenoxy) is 2. The molecule has 2 unspecified atom stereocenters. The fourth-order valence-electron chi connectivity index (χ4n) is 3.38. The Morgan fingerprint density at radius 3 is 2.33 bits per heavy atom. The molecule has 1 aliphatic heterocycles. The first-order valence-corrected chi connectivity index (χ1v) is 11.4. The van der Waals surface area contributed by atoms with Gasteiger partial charge in [0.1, 0.15) is 11.5 Å². The summed E-state index contributed by atoms with van der Waals surface area (Å²) in [6, 6.07) is 8.34. The van der Waals surface area contributed by atoms with E-state index in [1.54, 1.807) is 6.07 Å². The average molecular weight is 514 g/mol. The van der Waals surface area contributed by atoms with Crippen LogP contribution in [0.15, 0.2) is 30.3 Å². The molecule has 0 radical (unpaired) electrons. The molecule has 2 aromatic carbocycles. The van der Waals surface area contributed by atoms with Gasteiger partial charge in [0.25, 0.3) is 0 Å². The van der Waals surface area contributed by atoms with E-state index in [0.717, 1.165) is 25.3 Å². The number of amides is 1. The third-order valence-corrected chi connectivity index (χ3v) is 5.96. The van der Waals surface area contributed by atoms with Gasteiger partial charge in [-0.15, -0.1) is 0 Å². The summed E-state index contributed by atoms with van der Waals surface area (Å²) in [5.74, 6) is -3.69. The Hall–Kier alpha value is -2.53. The second kappa shape index (κ2) is 11.1. The van der Waals surface area contributed by atoms with E-state index in [1.807, 2.05) is 0 Å². The maximum atomic E-state index is 14.4. The summed E-state index contributed by atoms with van der Waals surface area (Å²) in [4.78, 5) is 27.0. The number of piperidine rings is 1. The lowest BCUT2D eigenvalue weighted by atomic mass is 9.99. The van der Waals surface area contributed by atoms with Crippen molar-refractivity contribution in [3.8, 4) is 23.3 Å². The number of carbonyl (C=O) groups is 2. The van der Waals surface area contributed by atoms with Crippen molar-refractivity contribution in [2.45, 2.75) is 32.3 Å². The van der Waals surface area contributed by atoms with Gasteiger partial charge in [-0.1, -0.05) is 34.8 Å². The molecular weight excluding hydrogens is 494 g/mol. The number of hydrogen-bond donors (Lipinski definition) is 0. The molecule has 0 bridgehead atoms. The first-order chi connectivity index (χ1) is 15.7. The number of ketones is 1. The van der Waals surface area contributed by atoms with Crippen LogP contribution in [-0.4, -0.2) is 35.8 Å². The number of carbonyl (C=O) groups excluding carboxylic acids is 2. The third-order valence-electron chi connectivity index (χ3n) is 5.13. The van der Waals surface area contributed by atoms with E-state index in [2.05, 4.69) is 0 Å². The number of hydrogen-bond acceptors (Lipinski definition) is 5. The summed E-state index contributed by atoms with van der Waals surface area (Å²) >= 11 is 18.0. The van der Waals surface area contributed by atoms with Crippen LogP contribution in [0.25, 0.3) is 0 Å². The molecule has 10 heteroatoms. The molecule has 1 amide bonds. The molecular formula is C23H20Cl3FN2O4. The Morgan fingerprint density at radius 1 is 1.03 bits per heavy atom. The Kier molecular flexibility index (Phi) is 8.41. The van der Waals surface area contributed by atoms with Gasteiger partial charge in [0, 0.05) is 30.2 Å².